The number of H-pyrrole nitrogens is 1. The number of aromatic amines is 1. The number of benzene rings is 1. The molecule has 4 amide bonds. The van der Waals surface area contributed by atoms with E-state index in [1.165, 1.54) is 4.90 Å². The minimum atomic E-state index is -1.12. The smallest absolute Gasteiger partial charge is 0.328 e. The van der Waals surface area contributed by atoms with Gasteiger partial charge in [0.2, 0.25) is 5.91 Å². The normalized spacial score (nSPS) is 21.9. The molecule has 2 N–H and O–H groups in total. The number of para-hydroxylation sites is 1. The van der Waals surface area contributed by atoms with E-state index in [2.05, 4.69) is 10.3 Å². The largest absolute Gasteiger partial charge is 0.356 e. The van der Waals surface area contributed by atoms with Crippen LogP contribution < -0.4 is 5.32 Å². The Labute approximate surface area is 176 Å². The lowest BCUT2D eigenvalue weighted by Crippen LogP contribution is -2.51. The summed E-state index contributed by atoms with van der Waals surface area (Å²) < 4.78 is 0. The third-order valence-corrected chi connectivity index (χ3v) is 6.36. The van der Waals surface area contributed by atoms with Crippen molar-refractivity contribution in [2.75, 3.05) is 13.1 Å². The number of carbonyl (C=O) groups excluding carboxylic acids is 3. The van der Waals surface area contributed by atoms with Gasteiger partial charge in [0.1, 0.15) is 6.04 Å². The van der Waals surface area contributed by atoms with Crippen molar-refractivity contribution in [3.05, 3.63) is 35.5 Å². The Morgan fingerprint density at radius 3 is 2.70 bits per heavy atom. The summed E-state index contributed by atoms with van der Waals surface area (Å²) in [6, 6.07) is 6.80. The molecule has 1 fully saturated rings. The molecular weight excluding hydrogens is 380 g/mol. The van der Waals surface area contributed by atoms with Gasteiger partial charge in [0.05, 0.1) is 5.69 Å². The lowest BCUT2D eigenvalue weighted by molar-refractivity contribution is -0.140. The fourth-order valence-electron chi connectivity index (χ4n) is 4.84. The van der Waals surface area contributed by atoms with Crippen LogP contribution in [0, 0.1) is 5.92 Å². The van der Waals surface area contributed by atoms with E-state index in [1.54, 1.807) is 11.8 Å². The van der Waals surface area contributed by atoms with Crippen molar-refractivity contribution in [1.82, 2.24) is 20.1 Å². The lowest BCUT2D eigenvalue weighted by Gasteiger charge is -2.36. The molecule has 2 aliphatic rings. The molecule has 1 aromatic heterocycles. The maximum Gasteiger partial charge on any atom is 0.328 e. The van der Waals surface area contributed by atoms with Crippen LogP contribution in [-0.2, 0) is 21.5 Å². The van der Waals surface area contributed by atoms with Crippen LogP contribution in [0.2, 0.25) is 0 Å². The summed E-state index contributed by atoms with van der Waals surface area (Å²) >= 11 is 0. The summed E-state index contributed by atoms with van der Waals surface area (Å²) in [7, 11) is 0. The topological polar surface area (TPSA) is 85.5 Å². The molecule has 0 unspecified atom stereocenters. The van der Waals surface area contributed by atoms with Gasteiger partial charge in [0, 0.05) is 24.0 Å². The highest BCUT2D eigenvalue weighted by Crippen LogP contribution is 2.44. The summed E-state index contributed by atoms with van der Waals surface area (Å²) in [4.78, 5) is 46.4. The third-order valence-electron chi connectivity index (χ3n) is 6.36. The molecule has 0 saturated carbocycles. The van der Waals surface area contributed by atoms with E-state index in [0.717, 1.165) is 28.6 Å². The number of hydrogen-bond acceptors (Lipinski definition) is 3. The first-order chi connectivity index (χ1) is 14.3. The number of urea groups is 1. The van der Waals surface area contributed by atoms with E-state index < -0.39 is 11.6 Å². The Balaban J connectivity index is 1.77. The SMILES string of the molecule is CCCNC(=O)[C@@H](CC(C)C)N1C(=O)N2CCc3c([nH]c4ccccc34)[C@@]2(C)C1=O. The number of nitrogens with one attached hydrogen (secondary N) is 2. The molecule has 2 aliphatic heterocycles. The predicted molar refractivity (Wildman–Crippen MR) is 115 cm³/mol. The number of rotatable bonds is 6. The number of carbonyl (C=O) groups is 3. The van der Waals surface area contributed by atoms with E-state index in [9.17, 15) is 14.4 Å². The molecule has 2 aromatic rings. The Bertz CT molecular complexity index is 1010. The quantitative estimate of drug-likeness (QED) is 0.718. The molecule has 7 heteroatoms. The van der Waals surface area contributed by atoms with Gasteiger partial charge < -0.3 is 15.2 Å². The highest BCUT2D eigenvalue weighted by atomic mass is 16.2. The molecule has 1 saturated heterocycles. The van der Waals surface area contributed by atoms with Crippen molar-refractivity contribution in [3.63, 3.8) is 0 Å². The summed E-state index contributed by atoms with van der Waals surface area (Å²) in [5.41, 5.74) is 1.70. The minimum Gasteiger partial charge on any atom is -0.356 e. The number of fused-ring (bicyclic) bond motifs is 5. The number of aromatic nitrogens is 1. The van der Waals surface area contributed by atoms with E-state index in [-0.39, 0.29) is 23.8 Å². The average molecular weight is 411 g/mol. The van der Waals surface area contributed by atoms with Crippen LogP contribution >= 0.6 is 0 Å². The number of hydrogen-bond donors (Lipinski definition) is 2. The van der Waals surface area contributed by atoms with Crippen LogP contribution in [0.15, 0.2) is 24.3 Å². The monoisotopic (exact) mass is 410 g/mol. The van der Waals surface area contributed by atoms with Crippen molar-refractivity contribution in [1.29, 1.82) is 0 Å². The van der Waals surface area contributed by atoms with Crippen LogP contribution in [0.1, 0.15) is 51.8 Å². The molecule has 1 aromatic carbocycles. The van der Waals surface area contributed by atoms with E-state index in [4.69, 9.17) is 0 Å². The van der Waals surface area contributed by atoms with Gasteiger partial charge in [-0.2, -0.15) is 0 Å². The van der Waals surface area contributed by atoms with E-state index in [1.807, 2.05) is 45.0 Å². The zero-order valence-corrected chi connectivity index (χ0v) is 18.1. The third kappa shape index (κ3) is 2.90. The standard InChI is InChI=1S/C23H30N4O3/c1-5-11-24-20(28)18(13-14(2)3)27-21(29)23(4)19-16(10-12-26(23)22(27)30)15-8-6-7-9-17(15)25-19/h6-9,14,18,25H,5,10-13H2,1-4H3,(H,24,28)/t18-,23+/m1/s1. The van der Waals surface area contributed by atoms with Crippen molar-refractivity contribution >= 4 is 28.7 Å². The second-order valence-corrected chi connectivity index (χ2v) is 8.89. The van der Waals surface area contributed by atoms with Crippen molar-refractivity contribution in [2.24, 2.45) is 5.92 Å². The first-order valence-electron chi connectivity index (χ1n) is 10.8. The van der Waals surface area contributed by atoms with Crippen LogP contribution in [-0.4, -0.2) is 51.8 Å². The van der Waals surface area contributed by atoms with Crippen LogP contribution in [0.3, 0.4) is 0 Å². The highest BCUT2D eigenvalue weighted by molar-refractivity contribution is 6.11. The van der Waals surface area contributed by atoms with E-state index >= 15 is 0 Å². The second-order valence-electron chi connectivity index (χ2n) is 8.89. The van der Waals surface area contributed by atoms with Gasteiger partial charge in [-0.05, 0) is 43.7 Å². The minimum absolute atomic E-state index is 0.164. The first kappa shape index (κ1) is 20.4. The van der Waals surface area contributed by atoms with Gasteiger partial charge in [-0.1, -0.05) is 39.0 Å². The van der Waals surface area contributed by atoms with Gasteiger partial charge in [0.15, 0.2) is 5.54 Å². The highest BCUT2D eigenvalue weighted by Gasteiger charge is 2.60. The molecule has 0 spiro atoms. The van der Waals surface area contributed by atoms with Crippen LogP contribution in [0.5, 0.6) is 0 Å². The van der Waals surface area contributed by atoms with Gasteiger partial charge >= 0.3 is 6.03 Å². The molecule has 4 rings (SSSR count). The zero-order chi connectivity index (χ0) is 21.6. The predicted octanol–water partition coefficient (Wildman–Crippen LogP) is 3.14. The Kier molecular flexibility index (Phi) is 5.08. The van der Waals surface area contributed by atoms with Gasteiger partial charge in [0.25, 0.3) is 5.91 Å². The molecule has 160 valence electrons. The molecular formula is C23H30N4O3. The van der Waals surface area contributed by atoms with Gasteiger partial charge in [-0.25, -0.2) is 9.69 Å². The Morgan fingerprint density at radius 1 is 1.27 bits per heavy atom. The van der Waals surface area contributed by atoms with E-state index in [0.29, 0.717) is 25.9 Å². The molecule has 0 bridgehead atoms. The fraction of sp³-hybridized carbons (Fsp3) is 0.522. The summed E-state index contributed by atoms with van der Waals surface area (Å²) in [6.45, 7) is 8.75. The van der Waals surface area contributed by atoms with Crippen molar-refractivity contribution in [3.8, 4) is 0 Å². The maximum atomic E-state index is 13.8. The maximum absolute atomic E-state index is 13.8. The molecule has 3 heterocycles. The second kappa shape index (κ2) is 7.45. The van der Waals surface area contributed by atoms with Crippen molar-refractivity contribution < 1.29 is 14.4 Å². The average Bonchev–Trinajstić information content (AvgIpc) is 3.19. The number of nitrogens with zero attached hydrogens (tertiary/aromatic N) is 2. The van der Waals surface area contributed by atoms with Gasteiger partial charge in [-0.15, -0.1) is 0 Å². The zero-order valence-electron chi connectivity index (χ0n) is 18.1. The lowest BCUT2D eigenvalue weighted by atomic mass is 9.87. The number of amides is 4. The number of imide groups is 1. The van der Waals surface area contributed by atoms with Crippen LogP contribution in [0.25, 0.3) is 10.9 Å². The first-order valence-corrected chi connectivity index (χ1v) is 10.8. The van der Waals surface area contributed by atoms with Crippen LogP contribution in [0.4, 0.5) is 4.79 Å². The Hall–Kier alpha value is -2.83. The molecule has 0 radical (unpaired) electrons. The molecule has 0 aliphatic carbocycles. The Morgan fingerprint density at radius 2 is 2.00 bits per heavy atom. The van der Waals surface area contributed by atoms with Gasteiger partial charge in [-0.3, -0.25) is 9.59 Å². The molecule has 7 nitrogen and oxygen atoms in total. The van der Waals surface area contributed by atoms with Crippen molar-refractivity contribution in [2.45, 2.75) is 58.5 Å². The molecule has 2 atom stereocenters. The fourth-order valence-corrected chi connectivity index (χ4v) is 4.84. The molecule has 30 heavy (non-hydrogen) atoms. The summed E-state index contributed by atoms with van der Waals surface area (Å²) in [5, 5.41) is 3.97. The summed E-state index contributed by atoms with van der Waals surface area (Å²) in [6.07, 6.45) is 1.92. The summed E-state index contributed by atoms with van der Waals surface area (Å²) in [5.74, 6) is -0.415.